The zero-order valence-electron chi connectivity index (χ0n) is 22.5. The SMILES string of the molecule is Cn1c(=O)c2c(nc(SCC(=O)Nc3ccc(OC(F)(F)F)cc3)n2Cc2ccc(C(C)(C)C)cc2)n(C)c1=O. The third kappa shape index (κ3) is 6.41. The normalized spacial score (nSPS) is 12.1. The molecule has 4 rings (SSSR count). The zero-order chi connectivity index (χ0) is 29.4. The highest BCUT2D eigenvalue weighted by atomic mass is 32.2. The number of nitrogens with one attached hydrogen (secondary N) is 1. The number of nitrogens with zero attached hydrogens (tertiary/aromatic N) is 4. The van der Waals surface area contributed by atoms with E-state index in [1.165, 1.54) is 30.8 Å². The maximum atomic E-state index is 13.1. The van der Waals surface area contributed by atoms with Gasteiger partial charge in [0, 0.05) is 19.8 Å². The van der Waals surface area contributed by atoms with Crippen LogP contribution in [0.5, 0.6) is 5.75 Å². The van der Waals surface area contributed by atoms with Gasteiger partial charge in [-0.3, -0.25) is 18.7 Å². The van der Waals surface area contributed by atoms with Crippen LogP contribution in [0.15, 0.2) is 63.3 Å². The fourth-order valence-electron chi connectivity index (χ4n) is 4.04. The minimum atomic E-state index is -4.81. The molecule has 0 aliphatic rings. The fourth-order valence-corrected chi connectivity index (χ4v) is 4.84. The Labute approximate surface area is 231 Å². The Kier molecular flexibility index (Phi) is 7.88. The molecule has 1 amide bonds. The average Bonchev–Trinajstić information content (AvgIpc) is 3.23. The number of carbonyl (C=O) groups is 1. The van der Waals surface area contributed by atoms with Crippen LogP contribution in [-0.4, -0.2) is 36.7 Å². The van der Waals surface area contributed by atoms with Gasteiger partial charge >= 0.3 is 12.1 Å². The van der Waals surface area contributed by atoms with E-state index in [4.69, 9.17) is 0 Å². The highest BCUT2D eigenvalue weighted by Gasteiger charge is 2.31. The topological polar surface area (TPSA) is 100 Å². The van der Waals surface area contributed by atoms with Crippen LogP contribution in [0, 0.1) is 0 Å². The summed E-state index contributed by atoms with van der Waals surface area (Å²) in [6.45, 7) is 6.61. The second-order valence-corrected chi connectivity index (χ2v) is 11.2. The Bertz CT molecular complexity index is 1670. The van der Waals surface area contributed by atoms with Crippen molar-refractivity contribution in [2.45, 2.75) is 44.2 Å². The van der Waals surface area contributed by atoms with Gasteiger partial charge in [-0.15, -0.1) is 13.2 Å². The molecule has 0 spiro atoms. The fraction of sp³-hybridized carbons (Fsp3) is 0.333. The Morgan fingerprint density at radius 3 is 2.17 bits per heavy atom. The molecule has 0 aliphatic carbocycles. The first kappa shape index (κ1) is 29.0. The van der Waals surface area contributed by atoms with Crippen molar-refractivity contribution in [2.24, 2.45) is 14.1 Å². The summed E-state index contributed by atoms with van der Waals surface area (Å²) in [5, 5.41) is 2.97. The Hall–Kier alpha value is -4.00. The third-order valence-electron chi connectivity index (χ3n) is 6.18. The Morgan fingerprint density at radius 1 is 0.975 bits per heavy atom. The molecule has 4 aromatic rings. The molecule has 0 aliphatic heterocycles. The number of rotatable bonds is 7. The van der Waals surface area contributed by atoms with Gasteiger partial charge in [0.25, 0.3) is 5.56 Å². The van der Waals surface area contributed by atoms with Crippen molar-refractivity contribution in [3.63, 3.8) is 0 Å². The number of anilines is 1. The second-order valence-electron chi connectivity index (χ2n) is 10.2. The summed E-state index contributed by atoms with van der Waals surface area (Å²) in [7, 11) is 2.91. The molecule has 9 nitrogen and oxygen atoms in total. The van der Waals surface area contributed by atoms with E-state index in [0.29, 0.717) is 5.16 Å². The van der Waals surface area contributed by atoms with Crippen LogP contribution in [0.25, 0.3) is 11.2 Å². The molecular weight excluding hydrogens is 547 g/mol. The van der Waals surface area contributed by atoms with Crippen molar-refractivity contribution in [3.05, 3.63) is 80.5 Å². The molecule has 0 saturated carbocycles. The van der Waals surface area contributed by atoms with Gasteiger partial charge in [0.15, 0.2) is 16.3 Å². The molecule has 2 aromatic heterocycles. The largest absolute Gasteiger partial charge is 0.573 e. The summed E-state index contributed by atoms with van der Waals surface area (Å²) in [5.74, 6) is -0.956. The van der Waals surface area contributed by atoms with Crippen LogP contribution in [0.3, 0.4) is 0 Å². The summed E-state index contributed by atoms with van der Waals surface area (Å²) in [6, 6.07) is 12.7. The molecule has 2 aromatic carbocycles. The van der Waals surface area contributed by atoms with Crippen LogP contribution >= 0.6 is 11.8 Å². The molecule has 13 heteroatoms. The molecule has 0 fully saturated rings. The van der Waals surface area contributed by atoms with Crippen molar-refractivity contribution in [2.75, 3.05) is 11.1 Å². The molecule has 2 heterocycles. The number of hydrogen-bond donors (Lipinski definition) is 1. The molecule has 40 heavy (non-hydrogen) atoms. The smallest absolute Gasteiger partial charge is 0.406 e. The van der Waals surface area contributed by atoms with Gasteiger partial charge in [-0.25, -0.2) is 9.78 Å². The number of ether oxygens (including phenoxy) is 1. The van der Waals surface area contributed by atoms with E-state index in [-0.39, 0.29) is 34.6 Å². The average molecular weight is 576 g/mol. The number of alkyl halides is 3. The monoisotopic (exact) mass is 575 g/mol. The number of carbonyl (C=O) groups excluding carboxylic acids is 1. The van der Waals surface area contributed by atoms with Crippen LogP contribution in [0.1, 0.15) is 31.9 Å². The van der Waals surface area contributed by atoms with Gasteiger partial charge in [-0.1, -0.05) is 56.8 Å². The van der Waals surface area contributed by atoms with Crippen LogP contribution < -0.4 is 21.3 Å². The number of amides is 1. The van der Waals surface area contributed by atoms with E-state index in [2.05, 4.69) is 35.8 Å². The summed E-state index contributed by atoms with van der Waals surface area (Å²) in [6.07, 6.45) is -4.81. The second kappa shape index (κ2) is 10.9. The molecule has 0 saturated heterocycles. The predicted octanol–water partition coefficient (Wildman–Crippen LogP) is 4.41. The Balaban J connectivity index is 1.60. The number of aromatic nitrogens is 4. The number of halogens is 3. The standard InChI is InChI=1S/C27H28F3N5O4S/c1-26(2,3)17-8-6-16(7-9-17)14-35-21-22(33(4)25(38)34(5)23(21)37)32-24(35)40-15-20(36)31-18-10-12-19(13-11-18)39-27(28,29)30/h6-13H,14-15H2,1-5H3,(H,31,36). The Morgan fingerprint density at radius 2 is 1.60 bits per heavy atom. The molecule has 212 valence electrons. The molecule has 0 bridgehead atoms. The van der Waals surface area contributed by atoms with Gasteiger partial charge in [-0.05, 0) is 40.8 Å². The highest BCUT2D eigenvalue weighted by molar-refractivity contribution is 7.99. The van der Waals surface area contributed by atoms with E-state index in [1.54, 1.807) is 4.57 Å². The highest BCUT2D eigenvalue weighted by Crippen LogP contribution is 2.27. The molecule has 1 N–H and O–H groups in total. The van der Waals surface area contributed by atoms with E-state index in [1.807, 2.05) is 24.3 Å². The summed E-state index contributed by atoms with van der Waals surface area (Å²) < 4.78 is 44.9. The molecule has 0 radical (unpaired) electrons. The first-order chi connectivity index (χ1) is 18.6. The first-order valence-corrected chi connectivity index (χ1v) is 13.2. The van der Waals surface area contributed by atoms with Crippen molar-refractivity contribution in [1.29, 1.82) is 0 Å². The molecule has 0 atom stereocenters. The number of hydrogen-bond acceptors (Lipinski definition) is 6. The van der Waals surface area contributed by atoms with Crippen molar-refractivity contribution < 1.29 is 22.7 Å². The predicted molar refractivity (Wildman–Crippen MR) is 147 cm³/mol. The quantitative estimate of drug-likeness (QED) is 0.328. The summed E-state index contributed by atoms with van der Waals surface area (Å²) in [4.78, 5) is 42.8. The minimum Gasteiger partial charge on any atom is -0.406 e. The van der Waals surface area contributed by atoms with Crippen LogP contribution in [0.4, 0.5) is 18.9 Å². The maximum Gasteiger partial charge on any atom is 0.573 e. The van der Waals surface area contributed by atoms with E-state index in [0.717, 1.165) is 39.6 Å². The molecular formula is C27H28F3N5O4S. The lowest BCUT2D eigenvalue weighted by Crippen LogP contribution is -2.37. The maximum absolute atomic E-state index is 13.1. The van der Waals surface area contributed by atoms with E-state index < -0.39 is 29.3 Å². The van der Waals surface area contributed by atoms with E-state index >= 15 is 0 Å². The van der Waals surface area contributed by atoms with Crippen LogP contribution in [-0.2, 0) is 30.8 Å². The van der Waals surface area contributed by atoms with Gasteiger partial charge in [-0.2, -0.15) is 0 Å². The van der Waals surface area contributed by atoms with Gasteiger partial charge in [0.2, 0.25) is 5.91 Å². The number of benzene rings is 2. The third-order valence-corrected chi connectivity index (χ3v) is 7.15. The summed E-state index contributed by atoms with van der Waals surface area (Å²) in [5.41, 5.74) is 1.69. The first-order valence-electron chi connectivity index (χ1n) is 12.2. The van der Waals surface area contributed by atoms with Gasteiger partial charge in [0.05, 0.1) is 12.3 Å². The van der Waals surface area contributed by atoms with Gasteiger partial charge in [0.1, 0.15) is 5.75 Å². The van der Waals surface area contributed by atoms with Crippen molar-refractivity contribution in [1.82, 2.24) is 18.7 Å². The number of fused-ring (bicyclic) bond motifs is 1. The van der Waals surface area contributed by atoms with Crippen molar-refractivity contribution in [3.8, 4) is 5.75 Å². The number of imidazole rings is 1. The minimum absolute atomic E-state index is 0.0332. The number of aryl methyl sites for hydroxylation is 1. The lowest BCUT2D eigenvalue weighted by Gasteiger charge is -2.19. The van der Waals surface area contributed by atoms with Gasteiger partial charge < -0.3 is 14.6 Å². The van der Waals surface area contributed by atoms with E-state index in [9.17, 15) is 27.6 Å². The lowest BCUT2D eigenvalue weighted by atomic mass is 9.87. The zero-order valence-corrected chi connectivity index (χ0v) is 23.3. The van der Waals surface area contributed by atoms with Crippen LogP contribution in [0.2, 0.25) is 0 Å². The number of thioether (sulfide) groups is 1. The van der Waals surface area contributed by atoms with Crippen molar-refractivity contribution >= 4 is 34.5 Å². The lowest BCUT2D eigenvalue weighted by molar-refractivity contribution is -0.274. The summed E-state index contributed by atoms with van der Waals surface area (Å²) >= 11 is 1.07. The molecule has 0 unspecified atom stereocenters.